The predicted octanol–water partition coefficient (Wildman–Crippen LogP) is 2.70. The highest BCUT2D eigenvalue weighted by atomic mass is 16.2. The molecule has 2 N–H and O–H groups in total. The van der Waals surface area contributed by atoms with Crippen LogP contribution in [0.3, 0.4) is 0 Å². The molecule has 0 aliphatic rings. The van der Waals surface area contributed by atoms with Gasteiger partial charge in [0.1, 0.15) is 0 Å². The number of hydrogen-bond acceptors (Lipinski definition) is 2. The fourth-order valence-electron chi connectivity index (χ4n) is 1.83. The van der Waals surface area contributed by atoms with Crippen molar-refractivity contribution >= 4 is 11.6 Å². The lowest BCUT2D eigenvalue weighted by molar-refractivity contribution is 0.0747. The van der Waals surface area contributed by atoms with Crippen LogP contribution in [-0.2, 0) is 0 Å². The lowest BCUT2D eigenvalue weighted by Crippen LogP contribution is -2.34. The third-order valence-corrected chi connectivity index (χ3v) is 2.81. The molecule has 0 aliphatic heterocycles. The number of para-hydroxylation sites is 1. The van der Waals surface area contributed by atoms with Gasteiger partial charge in [-0.1, -0.05) is 26.0 Å². The molecule has 0 aliphatic carbocycles. The molecule has 1 aromatic rings. The van der Waals surface area contributed by atoms with E-state index in [0.717, 1.165) is 12.1 Å². The standard InChI is InChI=1S/C14H22N2O/c1-5-16(9-10(2)3)14(17)12-8-6-7-11(4)13(12)15/h6-8,10H,5,9,15H2,1-4H3. The Morgan fingerprint density at radius 3 is 2.59 bits per heavy atom. The van der Waals surface area contributed by atoms with Gasteiger partial charge in [0, 0.05) is 18.8 Å². The lowest BCUT2D eigenvalue weighted by Gasteiger charge is -2.23. The Labute approximate surface area is 104 Å². The number of amides is 1. The summed E-state index contributed by atoms with van der Waals surface area (Å²) < 4.78 is 0. The van der Waals surface area contributed by atoms with Crippen molar-refractivity contribution in [2.24, 2.45) is 5.92 Å². The van der Waals surface area contributed by atoms with Gasteiger partial charge in [-0.15, -0.1) is 0 Å². The average molecular weight is 234 g/mol. The lowest BCUT2D eigenvalue weighted by atomic mass is 10.1. The molecule has 0 radical (unpaired) electrons. The minimum Gasteiger partial charge on any atom is -0.398 e. The molecule has 0 fully saturated rings. The van der Waals surface area contributed by atoms with E-state index in [2.05, 4.69) is 13.8 Å². The van der Waals surface area contributed by atoms with E-state index in [1.54, 1.807) is 6.07 Å². The molecule has 17 heavy (non-hydrogen) atoms. The summed E-state index contributed by atoms with van der Waals surface area (Å²) in [4.78, 5) is 14.2. The monoisotopic (exact) mass is 234 g/mol. The van der Waals surface area contributed by atoms with Gasteiger partial charge in [0.15, 0.2) is 0 Å². The number of benzene rings is 1. The number of nitrogen functional groups attached to an aromatic ring is 1. The number of nitrogens with zero attached hydrogens (tertiary/aromatic N) is 1. The van der Waals surface area contributed by atoms with Crippen LogP contribution in [0.1, 0.15) is 36.7 Å². The molecule has 0 aromatic heterocycles. The summed E-state index contributed by atoms with van der Waals surface area (Å²) in [5, 5.41) is 0. The molecule has 3 heteroatoms. The minimum atomic E-state index is 0.0300. The van der Waals surface area contributed by atoms with Crippen molar-refractivity contribution in [1.29, 1.82) is 0 Å². The van der Waals surface area contributed by atoms with E-state index in [4.69, 9.17) is 5.73 Å². The molecule has 1 rings (SSSR count). The summed E-state index contributed by atoms with van der Waals surface area (Å²) in [6, 6.07) is 5.60. The average Bonchev–Trinajstić information content (AvgIpc) is 2.28. The Balaban J connectivity index is 2.98. The van der Waals surface area contributed by atoms with E-state index in [9.17, 15) is 4.79 Å². The van der Waals surface area contributed by atoms with E-state index in [0.29, 0.717) is 23.7 Å². The minimum absolute atomic E-state index is 0.0300. The van der Waals surface area contributed by atoms with Gasteiger partial charge in [-0.3, -0.25) is 4.79 Å². The number of nitrogens with two attached hydrogens (primary N) is 1. The fourth-order valence-corrected chi connectivity index (χ4v) is 1.83. The topological polar surface area (TPSA) is 46.3 Å². The van der Waals surface area contributed by atoms with Crippen LogP contribution in [0.25, 0.3) is 0 Å². The smallest absolute Gasteiger partial charge is 0.255 e. The van der Waals surface area contributed by atoms with Gasteiger partial charge in [0.25, 0.3) is 5.91 Å². The van der Waals surface area contributed by atoms with Crippen LogP contribution in [0.15, 0.2) is 18.2 Å². The highest BCUT2D eigenvalue weighted by molar-refractivity contribution is 5.99. The molecule has 0 bridgehead atoms. The van der Waals surface area contributed by atoms with Crippen molar-refractivity contribution in [3.05, 3.63) is 29.3 Å². The van der Waals surface area contributed by atoms with Crippen LogP contribution in [0.2, 0.25) is 0 Å². The molecule has 3 nitrogen and oxygen atoms in total. The fraction of sp³-hybridized carbons (Fsp3) is 0.500. The van der Waals surface area contributed by atoms with Gasteiger partial charge in [0.2, 0.25) is 0 Å². The summed E-state index contributed by atoms with van der Waals surface area (Å²) in [5.74, 6) is 0.493. The molecule has 0 atom stereocenters. The molecular formula is C14H22N2O. The largest absolute Gasteiger partial charge is 0.398 e. The van der Waals surface area contributed by atoms with E-state index in [-0.39, 0.29) is 5.91 Å². The highest BCUT2D eigenvalue weighted by Crippen LogP contribution is 2.18. The van der Waals surface area contributed by atoms with Crippen molar-refractivity contribution < 1.29 is 4.79 Å². The normalized spacial score (nSPS) is 10.6. The van der Waals surface area contributed by atoms with Crippen LogP contribution >= 0.6 is 0 Å². The van der Waals surface area contributed by atoms with Gasteiger partial charge in [-0.05, 0) is 31.4 Å². The number of carbonyl (C=O) groups excluding carboxylic acids is 1. The number of aryl methyl sites for hydroxylation is 1. The number of rotatable bonds is 4. The van der Waals surface area contributed by atoms with Gasteiger partial charge < -0.3 is 10.6 Å². The van der Waals surface area contributed by atoms with Crippen LogP contribution in [0.5, 0.6) is 0 Å². The first kappa shape index (κ1) is 13.6. The summed E-state index contributed by atoms with van der Waals surface area (Å²) in [6.45, 7) is 9.61. The first-order valence-electron chi connectivity index (χ1n) is 6.11. The van der Waals surface area contributed by atoms with E-state index < -0.39 is 0 Å². The zero-order chi connectivity index (χ0) is 13.0. The Kier molecular flexibility index (Phi) is 4.55. The Hall–Kier alpha value is -1.51. The van der Waals surface area contributed by atoms with Crippen LogP contribution in [-0.4, -0.2) is 23.9 Å². The summed E-state index contributed by atoms with van der Waals surface area (Å²) in [7, 11) is 0. The van der Waals surface area contributed by atoms with E-state index in [1.165, 1.54) is 0 Å². The Bertz CT molecular complexity index is 399. The van der Waals surface area contributed by atoms with Crippen molar-refractivity contribution in [2.75, 3.05) is 18.8 Å². The molecule has 94 valence electrons. The van der Waals surface area contributed by atoms with Crippen molar-refractivity contribution in [1.82, 2.24) is 4.90 Å². The second-order valence-electron chi connectivity index (χ2n) is 4.77. The molecule has 0 saturated carbocycles. The highest BCUT2D eigenvalue weighted by Gasteiger charge is 2.17. The van der Waals surface area contributed by atoms with Crippen LogP contribution in [0, 0.1) is 12.8 Å². The quantitative estimate of drug-likeness (QED) is 0.814. The third kappa shape index (κ3) is 3.22. The maximum Gasteiger partial charge on any atom is 0.255 e. The molecule has 1 aromatic carbocycles. The number of hydrogen-bond donors (Lipinski definition) is 1. The predicted molar refractivity (Wildman–Crippen MR) is 72.0 cm³/mol. The third-order valence-electron chi connectivity index (χ3n) is 2.81. The van der Waals surface area contributed by atoms with Crippen molar-refractivity contribution in [3.63, 3.8) is 0 Å². The maximum absolute atomic E-state index is 12.3. The zero-order valence-electron chi connectivity index (χ0n) is 11.2. The van der Waals surface area contributed by atoms with Gasteiger partial charge >= 0.3 is 0 Å². The molecule has 0 spiro atoms. The van der Waals surface area contributed by atoms with E-state index >= 15 is 0 Å². The Morgan fingerprint density at radius 2 is 2.06 bits per heavy atom. The molecule has 1 amide bonds. The van der Waals surface area contributed by atoms with Crippen molar-refractivity contribution in [3.8, 4) is 0 Å². The Morgan fingerprint density at radius 1 is 1.41 bits per heavy atom. The van der Waals surface area contributed by atoms with Gasteiger partial charge in [0.05, 0.1) is 5.56 Å². The zero-order valence-corrected chi connectivity index (χ0v) is 11.2. The van der Waals surface area contributed by atoms with Gasteiger partial charge in [-0.25, -0.2) is 0 Å². The summed E-state index contributed by atoms with van der Waals surface area (Å²) in [5.41, 5.74) is 8.13. The van der Waals surface area contributed by atoms with E-state index in [1.807, 2.05) is 30.9 Å². The first-order valence-corrected chi connectivity index (χ1v) is 6.11. The number of carbonyl (C=O) groups is 1. The second-order valence-corrected chi connectivity index (χ2v) is 4.77. The first-order chi connectivity index (χ1) is 7.97. The maximum atomic E-state index is 12.3. The second kappa shape index (κ2) is 5.71. The van der Waals surface area contributed by atoms with Crippen molar-refractivity contribution in [2.45, 2.75) is 27.7 Å². The molecule has 0 heterocycles. The van der Waals surface area contributed by atoms with Gasteiger partial charge in [-0.2, -0.15) is 0 Å². The summed E-state index contributed by atoms with van der Waals surface area (Å²) >= 11 is 0. The molecule has 0 saturated heterocycles. The molecular weight excluding hydrogens is 212 g/mol. The summed E-state index contributed by atoms with van der Waals surface area (Å²) in [6.07, 6.45) is 0. The number of anilines is 1. The van der Waals surface area contributed by atoms with Crippen LogP contribution in [0.4, 0.5) is 5.69 Å². The SMILES string of the molecule is CCN(CC(C)C)C(=O)c1cccc(C)c1N. The van der Waals surface area contributed by atoms with Crippen LogP contribution < -0.4 is 5.73 Å². The molecule has 0 unspecified atom stereocenters.